The number of anilines is 2. The van der Waals surface area contributed by atoms with E-state index in [0.29, 0.717) is 13.1 Å². The van der Waals surface area contributed by atoms with Gasteiger partial charge in [-0.3, -0.25) is 9.59 Å². The van der Waals surface area contributed by atoms with Gasteiger partial charge in [0.15, 0.2) is 0 Å². The van der Waals surface area contributed by atoms with Gasteiger partial charge in [-0.05, 0) is 38.1 Å². The molecule has 1 aromatic carbocycles. The van der Waals surface area contributed by atoms with Crippen molar-refractivity contribution < 1.29 is 9.59 Å². The number of hydrogen-bond acceptors (Lipinski definition) is 3. The second-order valence-corrected chi connectivity index (χ2v) is 5.63. The molecule has 1 aliphatic rings. The SMILES string of the molecule is C=CCNC(=O)C1CC(=O)N(c2ccc(N(CC)CC)cc2)C1. The predicted octanol–water partition coefficient (Wildman–Crippen LogP) is 2.19. The lowest BCUT2D eigenvalue weighted by atomic mass is 10.1. The summed E-state index contributed by atoms with van der Waals surface area (Å²) in [5.74, 6) is -0.371. The maximum atomic E-state index is 12.2. The number of nitrogens with zero attached hydrogens (tertiary/aromatic N) is 2. The van der Waals surface area contributed by atoms with Crippen LogP contribution in [0.15, 0.2) is 36.9 Å². The average molecular weight is 315 g/mol. The van der Waals surface area contributed by atoms with Crippen molar-refractivity contribution in [3.05, 3.63) is 36.9 Å². The Kier molecular flexibility index (Phi) is 5.79. The zero-order valence-corrected chi connectivity index (χ0v) is 13.9. The van der Waals surface area contributed by atoms with Gasteiger partial charge in [-0.15, -0.1) is 6.58 Å². The Morgan fingerprint density at radius 2 is 2.00 bits per heavy atom. The molecule has 5 heteroatoms. The molecule has 1 fully saturated rings. The third-order valence-corrected chi connectivity index (χ3v) is 4.21. The van der Waals surface area contributed by atoms with Crippen LogP contribution in [0.5, 0.6) is 0 Å². The molecule has 5 nitrogen and oxygen atoms in total. The summed E-state index contributed by atoms with van der Waals surface area (Å²) in [6.07, 6.45) is 1.90. The topological polar surface area (TPSA) is 52.7 Å². The molecule has 0 aliphatic carbocycles. The number of benzene rings is 1. The van der Waals surface area contributed by atoms with E-state index < -0.39 is 0 Å². The highest BCUT2D eigenvalue weighted by Crippen LogP contribution is 2.27. The molecule has 0 bridgehead atoms. The lowest BCUT2D eigenvalue weighted by Gasteiger charge is -2.22. The van der Waals surface area contributed by atoms with E-state index in [1.54, 1.807) is 11.0 Å². The van der Waals surface area contributed by atoms with E-state index in [4.69, 9.17) is 0 Å². The molecule has 1 aromatic rings. The summed E-state index contributed by atoms with van der Waals surface area (Å²) >= 11 is 0. The van der Waals surface area contributed by atoms with Crippen molar-refractivity contribution in [3.63, 3.8) is 0 Å². The van der Waals surface area contributed by atoms with Gasteiger partial charge >= 0.3 is 0 Å². The van der Waals surface area contributed by atoms with Gasteiger partial charge in [0.05, 0.1) is 5.92 Å². The minimum Gasteiger partial charge on any atom is -0.372 e. The molecule has 0 aromatic heterocycles. The van der Waals surface area contributed by atoms with Crippen molar-refractivity contribution >= 4 is 23.2 Å². The molecule has 1 unspecified atom stereocenters. The average Bonchev–Trinajstić information content (AvgIpc) is 2.96. The quantitative estimate of drug-likeness (QED) is 0.785. The second-order valence-electron chi connectivity index (χ2n) is 5.63. The summed E-state index contributed by atoms with van der Waals surface area (Å²) in [5, 5.41) is 2.76. The van der Waals surface area contributed by atoms with Crippen LogP contribution in [0.25, 0.3) is 0 Å². The van der Waals surface area contributed by atoms with E-state index in [9.17, 15) is 9.59 Å². The number of hydrogen-bond donors (Lipinski definition) is 1. The van der Waals surface area contributed by atoms with Crippen LogP contribution < -0.4 is 15.1 Å². The van der Waals surface area contributed by atoms with Crippen LogP contribution in [0.2, 0.25) is 0 Å². The van der Waals surface area contributed by atoms with Crippen molar-refractivity contribution in [2.45, 2.75) is 20.3 Å². The molecule has 23 heavy (non-hydrogen) atoms. The van der Waals surface area contributed by atoms with E-state index in [1.807, 2.05) is 24.3 Å². The van der Waals surface area contributed by atoms with E-state index in [-0.39, 0.29) is 24.2 Å². The summed E-state index contributed by atoms with van der Waals surface area (Å²) in [4.78, 5) is 28.2. The van der Waals surface area contributed by atoms with Crippen molar-refractivity contribution in [1.29, 1.82) is 0 Å². The molecule has 0 saturated carbocycles. The summed E-state index contributed by atoms with van der Waals surface area (Å²) in [6.45, 7) is 10.6. The lowest BCUT2D eigenvalue weighted by Crippen LogP contribution is -2.33. The van der Waals surface area contributed by atoms with Gasteiger partial charge in [0, 0.05) is 44.0 Å². The van der Waals surface area contributed by atoms with Gasteiger partial charge in [-0.2, -0.15) is 0 Å². The summed E-state index contributed by atoms with van der Waals surface area (Å²) in [7, 11) is 0. The number of carbonyl (C=O) groups is 2. The van der Waals surface area contributed by atoms with Crippen molar-refractivity contribution in [1.82, 2.24) is 5.32 Å². The summed E-state index contributed by atoms with van der Waals surface area (Å²) < 4.78 is 0. The molecule has 2 amide bonds. The maximum Gasteiger partial charge on any atom is 0.227 e. The highest BCUT2D eigenvalue weighted by atomic mass is 16.2. The van der Waals surface area contributed by atoms with Gasteiger partial charge in [0.25, 0.3) is 0 Å². The van der Waals surface area contributed by atoms with Crippen LogP contribution >= 0.6 is 0 Å². The summed E-state index contributed by atoms with van der Waals surface area (Å²) in [5.41, 5.74) is 2.00. The fraction of sp³-hybridized carbons (Fsp3) is 0.444. The van der Waals surface area contributed by atoms with Crippen molar-refractivity contribution in [2.24, 2.45) is 5.92 Å². The molecule has 1 atom stereocenters. The van der Waals surface area contributed by atoms with Crippen LogP contribution in [0.4, 0.5) is 11.4 Å². The molecular weight excluding hydrogens is 290 g/mol. The van der Waals surface area contributed by atoms with Gasteiger partial charge in [0.2, 0.25) is 11.8 Å². The minimum absolute atomic E-state index is 0.000609. The summed E-state index contributed by atoms with van der Waals surface area (Å²) in [6, 6.07) is 7.96. The first-order chi connectivity index (χ1) is 11.1. The Hall–Kier alpha value is -2.30. The van der Waals surface area contributed by atoms with Crippen LogP contribution in [-0.4, -0.2) is 38.0 Å². The molecule has 0 spiro atoms. The first-order valence-electron chi connectivity index (χ1n) is 8.14. The molecule has 1 saturated heterocycles. The van der Waals surface area contributed by atoms with Crippen LogP contribution in [0.3, 0.4) is 0 Å². The molecular formula is C18H25N3O2. The monoisotopic (exact) mass is 315 g/mol. The normalized spacial score (nSPS) is 17.2. The number of carbonyl (C=O) groups excluding carboxylic acids is 2. The van der Waals surface area contributed by atoms with E-state index in [1.165, 1.54) is 0 Å². The van der Waals surface area contributed by atoms with E-state index in [2.05, 4.69) is 30.6 Å². The minimum atomic E-state index is -0.287. The Labute approximate surface area is 138 Å². The smallest absolute Gasteiger partial charge is 0.227 e. The molecule has 124 valence electrons. The van der Waals surface area contributed by atoms with Crippen LogP contribution in [-0.2, 0) is 9.59 Å². The Balaban J connectivity index is 2.05. The lowest BCUT2D eigenvalue weighted by molar-refractivity contribution is -0.126. The van der Waals surface area contributed by atoms with Crippen molar-refractivity contribution in [2.75, 3.05) is 36.0 Å². The molecule has 1 N–H and O–H groups in total. The largest absolute Gasteiger partial charge is 0.372 e. The standard InChI is InChI=1S/C18H25N3O2/c1-4-11-19-18(23)14-12-17(22)21(13-14)16-9-7-15(8-10-16)20(5-2)6-3/h4,7-10,14H,1,5-6,11-13H2,2-3H3,(H,19,23). The third-order valence-electron chi connectivity index (χ3n) is 4.21. The number of rotatable bonds is 7. The number of amides is 2. The zero-order chi connectivity index (χ0) is 16.8. The fourth-order valence-corrected chi connectivity index (χ4v) is 2.88. The Bertz CT molecular complexity index is 564. The first-order valence-corrected chi connectivity index (χ1v) is 8.14. The van der Waals surface area contributed by atoms with E-state index in [0.717, 1.165) is 24.5 Å². The van der Waals surface area contributed by atoms with Gasteiger partial charge in [0.1, 0.15) is 0 Å². The number of nitrogens with one attached hydrogen (secondary N) is 1. The van der Waals surface area contributed by atoms with Gasteiger partial charge < -0.3 is 15.1 Å². The molecule has 1 aliphatic heterocycles. The molecule has 2 rings (SSSR count). The van der Waals surface area contributed by atoms with Gasteiger partial charge in [-0.1, -0.05) is 6.08 Å². The highest BCUT2D eigenvalue weighted by Gasteiger charge is 2.34. The van der Waals surface area contributed by atoms with Crippen LogP contribution in [0.1, 0.15) is 20.3 Å². The maximum absolute atomic E-state index is 12.2. The Morgan fingerprint density at radius 3 is 2.57 bits per heavy atom. The zero-order valence-electron chi connectivity index (χ0n) is 13.9. The predicted molar refractivity (Wildman–Crippen MR) is 93.7 cm³/mol. The highest BCUT2D eigenvalue weighted by molar-refractivity contribution is 6.00. The fourth-order valence-electron chi connectivity index (χ4n) is 2.88. The van der Waals surface area contributed by atoms with Crippen LogP contribution in [0, 0.1) is 5.92 Å². The van der Waals surface area contributed by atoms with E-state index >= 15 is 0 Å². The third kappa shape index (κ3) is 3.92. The van der Waals surface area contributed by atoms with Gasteiger partial charge in [-0.25, -0.2) is 0 Å². The molecule has 0 radical (unpaired) electrons. The Morgan fingerprint density at radius 1 is 1.35 bits per heavy atom. The molecule has 1 heterocycles. The second kappa shape index (κ2) is 7.81. The first kappa shape index (κ1) is 17.1. The van der Waals surface area contributed by atoms with Crippen molar-refractivity contribution in [3.8, 4) is 0 Å².